The molecule has 1 atom stereocenters. The van der Waals surface area contributed by atoms with Crippen LogP contribution >= 0.6 is 12.2 Å². The lowest BCUT2D eigenvalue weighted by Crippen LogP contribution is -2.39. The Bertz CT molecular complexity index is 617. The second-order valence-electron chi connectivity index (χ2n) is 5.52. The van der Waals surface area contributed by atoms with Crippen LogP contribution in [0.25, 0.3) is 0 Å². The molecule has 0 radical (unpaired) electrons. The molecule has 6 heteroatoms. The Hall–Kier alpha value is -2.05. The van der Waals surface area contributed by atoms with Gasteiger partial charge in [0.2, 0.25) is 0 Å². The third-order valence-corrected chi connectivity index (χ3v) is 4.09. The van der Waals surface area contributed by atoms with Crippen molar-refractivity contribution < 1.29 is 4.74 Å². The Morgan fingerprint density at radius 1 is 1.30 bits per heavy atom. The Balaban J connectivity index is 1.69. The molecule has 2 aromatic rings. The van der Waals surface area contributed by atoms with Crippen LogP contribution in [0.4, 0.5) is 5.82 Å². The van der Waals surface area contributed by atoms with E-state index in [-0.39, 0.29) is 6.10 Å². The monoisotopic (exact) mass is 328 g/mol. The van der Waals surface area contributed by atoms with Crippen LogP contribution in [0, 0.1) is 0 Å². The van der Waals surface area contributed by atoms with E-state index in [1.807, 2.05) is 30.5 Å². The van der Waals surface area contributed by atoms with Crippen molar-refractivity contribution in [2.24, 2.45) is 0 Å². The lowest BCUT2D eigenvalue weighted by atomic mass is 10.2. The van der Waals surface area contributed by atoms with Crippen LogP contribution in [0.1, 0.15) is 18.4 Å². The van der Waals surface area contributed by atoms with Crippen LogP contribution in [0.5, 0.6) is 0 Å². The Morgan fingerprint density at radius 2 is 2.26 bits per heavy atom. The van der Waals surface area contributed by atoms with Gasteiger partial charge in [-0.3, -0.25) is 4.98 Å². The van der Waals surface area contributed by atoms with Crippen molar-refractivity contribution in [3.8, 4) is 0 Å². The van der Waals surface area contributed by atoms with Gasteiger partial charge in [-0.2, -0.15) is 0 Å². The van der Waals surface area contributed by atoms with Gasteiger partial charge in [-0.25, -0.2) is 4.98 Å². The van der Waals surface area contributed by atoms with Crippen LogP contribution in [-0.2, 0) is 11.3 Å². The molecule has 3 heterocycles. The number of rotatable bonds is 5. The van der Waals surface area contributed by atoms with Crippen molar-refractivity contribution in [1.82, 2.24) is 14.9 Å². The zero-order chi connectivity index (χ0) is 15.9. The average molecular weight is 328 g/mol. The Labute approximate surface area is 141 Å². The average Bonchev–Trinajstić information content (AvgIpc) is 3.09. The van der Waals surface area contributed by atoms with Crippen LogP contribution < -0.4 is 5.32 Å². The summed E-state index contributed by atoms with van der Waals surface area (Å²) in [5.74, 6) is 0.751. The molecule has 1 saturated heterocycles. The number of ether oxygens (including phenoxy) is 1. The fourth-order valence-corrected chi connectivity index (χ4v) is 2.83. The number of hydrogen-bond donors (Lipinski definition) is 1. The number of aromatic nitrogens is 2. The molecule has 120 valence electrons. The van der Waals surface area contributed by atoms with Gasteiger partial charge in [0.05, 0.1) is 6.10 Å². The summed E-state index contributed by atoms with van der Waals surface area (Å²) in [5.41, 5.74) is 1.12. The number of nitrogens with zero attached hydrogens (tertiary/aromatic N) is 3. The fraction of sp³-hybridized carbons (Fsp3) is 0.353. The molecule has 1 N–H and O–H groups in total. The maximum absolute atomic E-state index is 5.76. The smallest absolute Gasteiger partial charge is 0.174 e. The van der Waals surface area contributed by atoms with Crippen LogP contribution in [0.2, 0.25) is 0 Å². The molecule has 2 aromatic heterocycles. The second-order valence-corrected chi connectivity index (χ2v) is 5.91. The first-order valence-electron chi connectivity index (χ1n) is 7.79. The minimum absolute atomic E-state index is 0.232. The molecule has 0 spiro atoms. The minimum atomic E-state index is 0.232. The molecular formula is C17H20N4OS. The first-order chi connectivity index (χ1) is 11.3. The number of thiocarbonyl (C=S) groups is 1. The van der Waals surface area contributed by atoms with Gasteiger partial charge in [0.25, 0.3) is 0 Å². The predicted octanol–water partition coefficient (Wildman–Crippen LogP) is 2.85. The maximum Gasteiger partial charge on any atom is 0.174 e. The summed E-state index contributed by atoms with van der Waals surface area (Å²) < 4.78 is 5.76. The summed E-state index contributed by atoms with van der Waals surface area (Å²) in [6.45, 7) is 2.31. The summed E-state index contributed by atoms with van der Waals surface area (Å²) in [5, 5.41) is 3.86. The molecule has 0 unspecified atom stereocenters. The molecule has 5 nitrogen and oxygen atoms in total. The standard InChI is InChI=1S/C17H20N4OS/c23-17(20-16-7-1-2-9-19-16)21(13-15-6-4-10-22-15)12-14-5-3-8-18-11-14/h1-3,5,7-9,11,15H,4,6,10,12-13H2,(H,19,20,23)/t15-/m1/s1. The quantitative estimate of drug-likeness (QED) is 0.852. The van der Waals surface area contributed by atoms with E-state index in [0.29, 0.717) is 11.7 Å². The molecule has 1 fully saturated rings. The number of hydrogen-bond acceptors (Lipinski definition) is 4. The predicted molar refractivity (Wildman–Crippen MR) is 94.1 cm³/mol. The number of nitrogens with one attached hydrogen (secondary N) is 1. The van der Waals surface area contributed by atoms with Crippen molar-refractivity contribution in [2.75, 3.05) is 18.5 Å². The van der Waals surface area contributed by atoms with E-state index in [0.717, 1.165) is 37.4 Å². The van der Waals surface area contributed by atoms with Gasteiger partial charge in [-0.1, -0.05) is 12.1 Å². The van der Waals surface area contributed by atoms with Gasteiger partial charge in [-0.15, -0.1) is 0 Å². The van der Waals surface area contributed by atoms with Crippen molar-refractivity contribution >= 4 is 23.1 Å². The highest BCUT2D eigenvalue weighted by Crippen LogP contribution is 2.16. The first kappa shape index (κ1) is 15.8. The minimum Gasteiger partial charge on any atom is -0.376 e. The lowest BCUT2D eigenvalue weighted by Gasteiger charge is -2.28. The second kappa shape index (κ2) is 7.99. The van der Waals surface area contributed by atoms with Gasteiger partial charge in [0.1, 0.15) is 5.82 Å². The molecule has 1 aliphatic heterocycles. The van der Waals surface area contributed by atoms with Gasteiger partial charge in [0, 0.05) is 38.3 Å². The van der Waals surface area contributed by atoms with Gasteiger partial charge < -0.3 is 15.0 Å². The Kier molecular flexibility index (Phi) is 5.50. The van der Waals surface area contributed by atoms with E-state index >= 15 is 0 Å². The molecular weight excluding hydrogens is 308 g/mol. The third-order valence-electron chi connectivity index (χ3n) is 3.73. The molecule has 0 bridgehead atoms. The third kappa shape index (κ3) is 4.71. The molecule has 1 aliphatic rings. The summed E-state index contributed by atoms with van der Waals surface area (Å²) >= 11 is 5.59. The van der Waals surface area contributed by atoms with Crippen molar-refractivity contribution in [3.63, 3.8) is 0 Å². The van der Waals surface area contributed by atoms with E-state index < -0.39 is 0 Å². The van der Waals surface area contributed by atoms with Gasteiger partial charge in [0.15, 0.2) is 5.11 Å². The van der Waals surface area contributed by atoms with Crippen molar-refractivity contribution in [1.29, 1.82) is 0 Å². The molecule has 0 saturated carbocycles. The van der Waals surface area contributed by atoms with Crippen LogP contribution in [0.15, 0.2) is 48.9 Å². The van der Waals surface area contributed by atoms with Crippen molar-refractivity contribution in [2.45, 2.75) is 25.5 Å². The van der Waals surface area contributed by atoms with E-state index in [1.54, 1.807) is 12.4 Å². The highest BCUT2D eigenvalue weighted by Gasteiger charge is 2.21. The molecule has 23 heavy (non-hydrogen) atoms. The summed E-state index contributed by atoms with van der Waals surface area (Å²) in [6.07, 6.45) is 7.82. The topological polar surface area (TPSA) is 50.3 Å². The van der Waals surface area contributed by atoms with Gasteiger partial charge >= 0.3 is 0 Å². The normalized spacial score (nSPS) is 17.0. The molecule has 0 aliphatic carbocycles. The van der Waals surface area contributed by atoms with E-state index in [1.165, 1.54) is 0 Å². The number of pyridine rings is 2. The largest absolute Gasteiger partial charge is 0.376 e. The highest BCUT2D eigenvalue weighted by molar-refractivity contribution is 7.80. The Morgan fingerprint density at radius 3 is 2.96 bits per heavy atom. The molecule has 0 aromatic carbocycles. The first-order valence-corrected chi connectivity index (χ1v) is 8.19. The zero-order valence-electron chi connectivity index (χ0n) is 12.9. The zero-order valence-corrected chi connectivity index (χ0v) is 13.7. The van der Waals surface area contributed by atoms with E-state index in [4.69, 9.17) is 17.0 Å². The van der Waals surface area contributed by atoms with E-state index in [2.05, 4.69) is 26.3 Å². The molecule has 0 amide bonds. The summed E-state index contributed by atoms with van der Waals surface area (Å²) in [4.78, 5) is 10.6. The fourth-order valence-electron chi connectivity index (χ4n) is 2.59. The SMILES string of the molecule is S=C(Nc1ccccn1)N(Cc1cccnc1)C[C@H]1CCCO1. The maximum atomic E-state index is 5.76. The number of anilines is 1. The highest BCUT2D eigenvalue weighted by atomic mass is 32.1. The molecule has 3 rings (SSSR count). The lowest BCUT2D eigenvalue weighted by molar-refractivity contribution is 0.0905. The van der Waals surface area contributed by atoms with Crippen LogP contribution in [-0.4, -0.2) is 39.2 Å². The van der Waals surface area contributed by atoms with Crippen molar-refractivity contribution in [3.05, 3.63) is 54.5 Å². The summed E-state index contributed by atoms with van der Waals surface area (Å²) in [7, 11) is 0. The van der Waals surface area contributed by atoms with E-state index in [9.17, 15) is 0 Å². The van der Waals surface area contributed by atoms with Gasteiger partial charge in [-0.05, 0) is 48.8 Å². The summed E-state index contributed by atoms with van der Waals surface area (Å²) in [6, 6.07) is 9.71. The van der Waals surface area contributed by atoms with Crippen LogP contribution in [0.3, 0.4) is 0 Å².